The highest BCUT2D eigenvalue weighted by atomic mass is 16.5. The fourth-order valence-electron chi connectivity index (χ4n) is 1.83. The van der Waals surface area contributed by atoms with Crippen molar-refractivity contribution in [3.63, 3.8) is 0 Å². The predicted molar refractivity (Wildman–Crippen MR) is 70.2 cm³/mol. The lowest BCUT2D eigenvalue weighted by Gasteiger charge is -2.03. The van der Waals surface area contributed by atoms with E-state index in [1.54, 1.807) is 29.2 Å². The van der Waals surface area contributed by atoms with Crippen molar-refractivity contribution in [3.05, 3.63) is 30.7 Å². The van der Waals surface area contributed by atoms with Crippen molar-refractivity contribution in [2.24, 2.45) is 7.05 Å². The Hall–Kier alpha value is -2.83. The van der Waals surface area contributed by atoms with Crippen molar-refractivity contribution in [3.8, 4) is 34.5 Å². The van der Waals surface area contributed by atoms with Gasteiger partial charge in [0.1, 0.15) is 5.69 Å². The molecule has 2 aromatic heterocycles. The minimum atomic E-state index is 0.0580. The van der Waals surface area contributed by atoms with Crippen LogP contribution in [0, 0.1) is 0 Å². The number of aromatic hydroxyl groups is 1. The molecule has 0 aliphatic carbocycles. The van der Waals surface area contributed by atoms with Crippen molar-refractivity contribution in [2.75, 3.05) is 7.11 Å². The number of ether oxygens (including phenoxy) is 1. The maximum absolute atomic E-state index is 9.57. The second-order valence-corrected chi connectivity index (χ2v) is 4.20. The Bertz CT molecular complexity index is 748. The van der Waals surface area contributed by atoms with E-state index in [4.69, 9.17) is 9.26 Å². The molecule has 0 atom stereocenters. The van der Waals surface area contributed by atoms with Crippen LogP contribution in [-0.2, 0) is 7.05 Å². The number of benzene rings is 1. The van der Waals surface area contributed by atoms with Gasteiger partial charge in [-0.1, -0.05) is 5.16 Å². The van der Waals surface area contributed by atoms with E-state index in [2.05, 4.69) is 15.1 Å². The summed E-state index contributed by atoms with van der Waals surface area (Å²) in [4.78, 5) is 8.32. The third kappa shape index (κ3) is 1.99. The molecule has 1 N–H and O–H groups in total. The van der Waals surface area contributed by atoms with Crippen molar-refractivity contribution in [1.82, 2.24) is 19.7 Å². The van der Waals surface area contributed by atoms with Gasteiger partial charge in [0, 0.05) is 12.6 Å². The molecule has 0 amide bonds. The van der Waals surface area contributed by atoms with Gasteiger partial charge < -0.3 is 18.9 Å². The van der Waals surface area contributed by atoms with Crippen LogP contribution in [0.2, 0.25) is 0 Å². The van der Waals surface area contributed by atoms with Crippen molar-refractivity contribution in [2.45, 2.75) is 0 Å². The van der Waals surface area contributed by atoms with Crippen molar-refractivity contribution in [1.29, 1.82) is 0 Å². The maximum atomic E-state index is 9.57. The minimum Gasteiger partial charge on any atom is -0.504 e. The number of imidazole rings is 1. The summed E-state index contributed by atoms with van der Waals surface area (Å²) in [7, 11) is 3.33. The Morgan fingerprint density at radius 2 is 2.20 bits per heavy atom. The van der Waals surface area contributed by atoms with Crippen molar-refractivity contribution < 1.29 is 14.4 Å². The molecule has 0 saturated carbocycles. The van der Waals surface area contributed by atoms with Crippen LogP contribution in [0.5, 0.6) is 11.5 Å². The lowest BCUT2D eigenvalue weighted by Crippen LogP contribution is -1.90. The van der Waals surface area contributed by atoms with Gasteiger partial charge >= 0.3 is 0 Å². The maximum Gasteiger partial charge on any atom is 0.258 e. The van der Waals surface area contributed by atoms with Crippen LogP contribution in [0.15, 0.2) is 35.2 Å². The molecule has 0 radical (unpaired) electrons. The molecule has 3 aromatic rings. The van der Waals surface area contributed by atoms with E-state index in [9.17, 15) is 5.11 Å². The number of rotatable bonds is 3. The van der Waals surface area contributed by atoms with Gasteiger partial charge in [0.25, 0.3) is 5.89 Å². The number of phenols is 1. The summed E-state index contributed by atoms with van der Waals surface area (Å²) < 4.78 is 12.1. The van der Waals surface area contributed by atoms with E-state index in [0.717, 1.165) is 5.69 Å². The fraction of sp³-hybridized carbons (Fsp3) is 0.154. The number of aromatic nitrogens is 4. The average molecular weight is 272 g/mol. The summed E-state index contributed by atoms with van der Waals surface area (Å²) in [5.74, 6) is 1.21. The summed E-state index contributed by atoms with van der Waals surface area (Å²) in [5, 5.41) is 13.5. The Labute approximate surface area is 114 Å². The summed E-state index contributed by atoms with van der Waals surface area (Å²) in [6.45, 7) is 0. The third-order valence-electron chi connectivity index (χ3n) is 2.90. The molecule has 3 rings (SSSR count). The smallest absolute Gasteiger partial charge is 0.258 e. The van der Waals surface area contributed by atoms with Crippen LogP contribution in [0.4, 0.5) is 0 Å². The van der Waals surface area contributed by atoms with Crippen LogP contribution in [0.3, 0.4) is 0 Å². The lowest BCUT2D eigenvalue weighted by molar-refractivity contribution is 0.373. The molecule has 20 heavy (non-hydrogen) atoms. The average Bonchev–Trinajstić information content (AvgIpc) is 3.08. The van der Waals surface area contributed by atoms with Crippen LogP contribution >= 0.6 is 0 Å². The summed E-state index contributed by atoms with van der Waals surface area (Å²) in [6, 6.07) is 4.83. The normalized spacial score (nSPS) is 10.7. The van der Waals surface area contributed by atoms with Gasteiger partial charge in [-0.3, -0.25) is 0 Å². The zero-order valence-electron chi connectivity index (χ0n) is 10.9. The van der Waals surface area contributed by atoms with Gasteiger partial charge in [-0.25, -0.2) is 4.98 Å². The number of phenolic OH excluding ortho intramolecular Hbond substituents is 1. The van der Waals surface area contributed by atoms with Crippen LogP contribution in [0.1, 0.15) is 0 Å². The van der Waals surface area contributed by atoms with E-state index >= 15 is 0 Å². The molecule has 0 saturated heterocycles. The Morgan fingerprint density at radius 3 is 2.90 bits per heavy atom. The Morgan fingerprint density at radius 1 is 1.35 bits per heavy atom. The SMILES string of the molecule is COc1cc(-c2nc(-c3cncn3C)no2)ccc1O. The van der Waals surface area contributed by atoms with E-state index in [0.29, 0.717) is 23.0 Å². The first-order valence-electron chi connectivity index (χ1n) is 5.87. The monoisotopic (exact) mass is 272 g/mol. The number of hydrogen-bond acceptors (Lipinski definition) is 6. The molecule has 102 valence electrons. The van der Waals surface area contributed by atoms with Gasteiger partial charge in [0.2, 0.25) is 5.82 Å². The Balaban J connectivity index is 2.00. The summed E-state index contributed by atoms with van der Waals surface area (Å²) in [5.41, 5.74) is 1.42. The quantitative estimate of drug-likeness (QED) is 0.783. The van der Waals surface area contributed by atoms with Gasteiger partial charge in [0.15, 0.2) is 11.5 Å². The highest BCUT2D eigenvalue weighted by Gasteiger charge is 2.14. The summed E-state index contributed by atoms with van der Waals surface area (Å²) in [6.07, 6.45) is 3.32. The van der Waals surface area contributed by atoms with E-state index in [1.165, 1.54) is 13.2 Å². The number of methoxy groups -OCH3 is 1. The van der Waals surface area contributed by atoms with Gasteiger partial charge in [-0.15, -0.1) is 0 Å². The standard InChI is InChI=1S/C13H12N4O3/c1-17-7-14-6-9(17)12-15-13(20-16-12)8-3-4-10(18)11(5-8)19-2/h3-7,18H,1-2H3. The first-order valence-corrected chi connectivity index (χ1v) is 5.87. The first kappa shape index (κ1) is 12.2. The highest BCUT2D eigenvalue weighted by molar-refractivity contribution is 5.61. The molecule has 0 aliphatic rings. The second kappa shape index (κ2) is 4.69. The van der Waals surface area contributed by atoms with Crippen LogP contribution in [-0.4, -0.2) is 31.9 Å². The molecule has 0 fully saturated rings. The third-order valence-corrected chi connectivity index (χ3v) is 2.90. The Kier molecular flexibility index (Phi) is 2.86. The zero-order valence-corrected chi connectivity index (χ0v) is 10.9. The molecule has 0 aliphatic heterocycles. The zero-order chi connectivity index (χ0) is 14.1. The minimum absolute atomic E-state index is 0.0580. The van der Waals surface area contributed by atoms with Crippen molar-refractivity contribution >= 4 is 0 Å². The van der Waals surface area contributed by atoms with E-state index in [-0.39, 0.29) is 5.75 Å². The van der Waals surface area contributed by atoms with Gasteiger partial charge in [-0.2, -0.15) is 4.98 Å². The van der Waals surface area contributed by atoms with Gasteiger partial charge in [0.05, 0.1) is 19.6 Å². The predicted octanol–water partition coefficient (Wildman–Crippen LogP) is 1.85. The topological polar surface area (TPSA) is 86.2 Å². The second-order valence-electron chi connectivity index (χ2n) is 4.20. The van der Waals surface area contributed by atoms with E-state index in [1.807, 2.05) is 7.05 Å². The first-order chi connectivity index (χ1) is 9.69. The van der Waals surface area contributed by atoms with Crippen LogP contribution in [0.25, 0.3) is 23.0 Å². The molecule has 7 nitrogen and oxygen atoms in total. The largest absolute Gasteiger partial charge is 0.504 e. The molecule has 0 unspecified atom stereocenters. The fourth-order valence-corrected chi connectivity index (χ4v) is 1.83. The number of nitrogens with zero attached hydrogens (tertiary/aromatic N) is 4. The highest BCUT2D eigenvalue weighted by Crippen LogP contribution is 2.31. The summed E-state index contributed by atoms with van der Waals surface area (Å²) >= 11 is 0. The molecule has 1 aromatic carbocycles. The molecule has 7 heteroatoms. The van der Waals surface area contributed by atoms with Gasteiger partial charge in [-0.05, 0) is 18.2 Å². The van der Waals surface area contributed by atoms with E-state index < -0.39 is 0 Å². The molecular formula is C13H12N4O3. The molecule has 2 heterocycles. The number of hydrogen-bond donors (Lipinski definition) is 1. The lowest BCUT2D eigenvalue weighted by atomic mass is 10.2. The molecule has 0 spiro atoms. The van der Waals surface area contributed by atoms with Crippen LogP contribution < -0.4 is 4.74 Å². The molecule has 0 bridgehead atoms. The number of aryl methyl sites for hydroxylation is 1. The molecular weight excluding hydrogens is 260 g/mol.